The molecule has 9 heteroatoms. The van der Waals surface area contributed by atoms with Gasteiger partial charge < -0.3 is 24.4 Å². The van der Waals surface area contributed by atoms with Gasteiger partial charge in [0.2, 0.25) is 0 Å². The van der Waals surface area contributed by atoms with Crippen molar-refractivity contribution >= 4 is 0 Å². The minimum absolute atomic E-state index is 0.0946. The lowest BCUT2D eigenvalue weighted by atomic mass is 9.90. The second-order valence-electron chi connectivity index (χ2n) is 8.46. The van der Waals surface area contributed by atoms with Crippen molar-refractivity contribution in [1.29, 1.82) is 0 Å². The maximum atomic E-state index is 13.1. The molecule has 2 atom stereocenters. The molecule has 1 aliphatic rings. The lowest BCUT2D eigenvalue weighted by molar-refractivity contribution is -0.140. The second kappa shape index (κ2) is 10.9. The molecule has 3 aromatic rings. The number of β-amino-alcohol motifs (C(OH)–C–C–N with tert-alkyl or cyclic N) is 1. The van der Waals surface area contributed by atoms with Crippen LogP contribution >= 0.6 is 0 Å². The summed E-state index contributed by atoms with van der Waals surface area (Å²) in [6.45, 7) is 2.43. The predicted molar refractivity (Wildman–Crippen MR) is 123 cm³/mol. The van der Waals surface area contributed by atoms with Gasteiger partial charge in [-0.05, 0) is 54.4 Å². The van der Waals surface area contributed by atoms with E-state index in [0.717, 1.165) is 5.56 Å². The number of ether oxygens (including phenoxy) is 3. The topological polar surface area (TPSA) is 89.2 Å². The zero-order chi connectivity index (χ0) is 24.0. The van der Waals surface area contributed by atoms with Crippen LogP contribution in [0.1, 0.15) is 12.0 Å². The number of hydrogen-bond acceptors (Lipinski definition) is 7. The Morgan fingerprint density at radius 2 is 1.97 bits per heavy atom. The Hall–Kier alpha value is -3.14. The third kappa shape index (κ3) is 6.05. The molecule has 8 nitrogen and oxygen atoms in total. The SMILES string of the molecule is COc1cc(CN2CC[C@H](O)[C@@](O)(COc3ccc(F)cc3)C2)ccc1OCCn1cccn1. The van der Waals surface area contributed by atoms with Gasteiger partial charge in [-0.1, -0.05) is 6.07 Å². The number of benzene rings is 2. The van der Waals surface area contributed by atoms with Gasteiger partial charge >= 0.3 is 0 Å². The van der Waals surface area contributed by atoms with E-state index >= 15 is 0 Å². The average Bonchev–Trinajstić information content (AvgIpc) is 3.35. The van der Waals surface area contributed by atoms with Gasteiger partial charge in [0.1, 0.15) is 30.4 Å². The van der Waals surface area contributed by atoms with Gasteiger partial charge in [0, 0.05) is 32.0 Å². The fraction of sp³-hybridized carbons (Fsp3) is 0.400. The van der Waals surface area contributed by atoms with Crippen molar-refractivity contribution in [2.45, 2.75) is 31.2 Å². The number of aliphatic hydroxyl groups is 2. The van der Waals surface area contributed by atoms with Crippen molar-refractivity contribution < 1.29 is 28.8 Å². The van der Waals surface area contributed by atoms with Crippen LogP contribution in [0.4, 0.5) is 4.39 Å². The summed E-state index contributed by atoms with van der Waals surface area (Å²) >= 11 is 0. The molecule has 1 aromatic heterocycles. The third-order valence-electron chi connectivity index (χ3n) is 5.91. The molecule has 0 spiro atoms. The van der Waals surface area contributed by atoms with Crippen molar-refractivity contribution in [2.75, 3.05) is 33.4 Å². The van der Waals surface area contributed by atoms with E-state index in [2.05, 4.69) is 10.00 Å². The number of aromatic nitrogens is 2. The van der Waals surface area contributed by atoms with Crippen molar-refractivity contribution in [2.24, 2.45) is 0 Å². The molecule has 0 saturated carbocycles. The Bertz CT molecular complexity index is 1050. The summed E-state index contributed by atoms with van der Waals surface area (Å²) in [6.07, 6.45) is 3.11. The molecule has 0 aliphatic carbocycles. The van der Waals surface area contributed by atoms with Gasteiger partial charge in [0.15, 0.2) is 11.5 Å². The van der Waals surface area contributed by atoms with E-state index < -0.39 is 11.7 Å². The van der Waals surface area contributed by atoms with Crippen LogP contribution in [0.3, 0.4) is 0 Å². The van der Waals surface area contributed by atoms with E-state index in [9.17, 15) is 14.6 Å². The van der Waals surface area contributed by atoms with Crippen LogP contribution < -0.4 is 14.2 Å². The summed E-state index contributed by atoms with van der Waals surface area (Å²) in [5.74, 6) is 1.35. The molecule has 2 heterocycles. The van der Waals surface area contributed by atoms with Gasteiger partial charge in [0.05, 0.1) is 19.8 Å². The second-order valence-corrected chi connectivity index (χ2v) is 8.46. The number of rotatable bonds is 10. The average molecular weight is 472 g/mol. The first kappa shape index (κ1) is 24.0. The molecule has 0 bridgehead atoms. The largest absolute Gasteiger partial charge is 0.493 e. The van der Waals surface area contributed by atoms with Crippen molar-refractivity contribution in [3.8, 4) is 17.2 Å². The molecule has 2 N–H and O–H groups in total. The summed E-state index contributed by atoms with van der Waals surface area (Å²) in [5, 5.41) is 25.7. The number of hydrogen-bond donors (Lipinski definition) is 2. The van der Waals surface area contributed by atoms with Crippen molar-refractivity contribution in [3.05, 3.63) is 72.3 Å². The highest BCUT2D eigenvalue weighted by Gasteiger charge is 2.42. The molecular weight excluding hydrogens is 441 g/mol. The quantitative estimate of drug-likeness (QED) is 0.470. The Morgan fingerprint density at radius 3 is 2.71 bits per heavy atom. The van der Waals surface area contributed by atoms with Crippen molar-refractivity contribution in [3.63, 3.8) is 0 Å². The molecule has 182 valence electrons. The van der Waals surface area contributed by atoms with Gasteiger partial charge in [-0.15, -0.1) is 0 Å². The number of halogens is 1. The Kier molecular flexibility index (Phi) is 7.66. The van der Waals surface area contributed by atoms with Crippen LogP contribution in [-0.2, 0) is 13.1 Å². The smallest absolute Gasteiger partial charge is 0.161 e. The fourth-order valence-electron chi connectivity index (χ4n) is 4.03. The normalized spacial score (nSPS) is 20.8. The maximum absolute atomic E-state index is 13.1. The van der Waals surface area contributed by atoms with Crippen LogP contribution in [0.5, 0.6) is 17.2 Å². The van der Waals surface area contributed by atoms with Gasteiger partial charge in [0.25, 0.3) is 0 Å². The molecule has 1 saturated heterocycles. The molecule has 1 aliphatic heterocycles. The third-order valence-corrected chi connectivity index (χ3v) is 5.91. The van der Waals surface area contributed by atoms with E-state index in [1.165, 1.54) is 24.3 Å². The molecule has 0 amide bonds. The van der Waals surface area contributed by atoms with E-state index in [1.54, 1.807) is 18.0 Å². The van der Waals surface area contributed by atoms with Gasteiger partial charge in [-0.3, -0.25) is 9.58 Å². The zero-order valence-electron chi connectivity index (χ0n) is 19.1. The molecule has 0 unspecified atom stereocenters. The first-order valence-corrected chi connectivity index (χ1v) is 11.2. The highest BCUT2D eigenvalue weighted by molar-refractivity contribution is 5.43. The predicted octanol–water partition coefficient (Wildman–Crippen LogP) is 2.49. The molecular formula is C25H30FN3O5. The minimum atomic E-state index is -1.44. The van der Waals surface area contributed by atoms with Gasteiger partial charge in [-0.25, -0.2) is 4.39 Å². The number of methoxy groups -OCH3 is 1. The summed E-state index contributed by atoms with van der Waals surface area (Å²) in [6, 6.07) is 13.2. The highest BCUT2D eigenvalue weighted by Crippen LogP contribution is 2.30. The Labute approximate surface area is 198 Å². The maximum Gasteiger partial charge on any atom is 0.161 e. The zero-order valence-corrected chi connectivity index (χ0v) is 19.1. The lowest BCUT2D eigenvalue weighted by Crippen LogP contribution is -2.59. The summed E-state index contributed by atoms with van der Waals surface area (Å²) in [7, 11) is 1.60. The van der Waals surface area contributed by atoms with E-state index in [0.29, 0.717) is 49.9 Å². The molecule has 1 fully saturated rings. The Morgan fingerprint density at radius 1 is 1.15 bits per heavy atom. The first-order chi connectivity index (χ1) is 16.4. The number of nitrogens with zero attached hydrogens (tertiary/aromatic N) is 3. The Balaban J connectivity index is 1.34. The number of piperidine rings is 1. The first-order valence-electron chi connectivity index (χ1n) is 11.2. The highest BCUT2D eigenvalue weighted by atomic mass is 19.1. The minimum Gasteiger partial charge on any atom is -0.493 e. The molecule has 4 rings (SSSR count). The summed E-state index contributed by atoms with van der Waals surface area (Å²) in [5.41, 5.74) is -0.443. The van der Waals surface area contributed by atoms with Gasteiger partial charge in [-0.2, -0.15) is 5.10 Å². The summed E-state index contributed by atoms with van der Waals surface area (Å²) in [4.78, 5) is 2.06. The van der Waals surface area contributed by atoms with E-state index in [-0.39, 0.29) is 19.0 Å². The van der Waals surface area contributed by atoms with E-state index in [1.807, 2.05) is 30.5 Å². The molecule has 34 heavy (non-hydrogen) atoms. The molecule has 0 radical (unpaired) electrons. The lowest BCUT2D eigenvalue weighted by Gasteiger charge is -2.42. The van der Waals surface area contributed by atoms with Crippen LogP contribution in [0.25, 0.3) is 0 Å². The summed E-state index contributed by atoms with van der Waals surface area (Å²) < 4.78 is 31.9. The number of likely N-dealkylation sites (tertiary alicyclic amines) is 1. The van der Waals surface area contributed by atoms with Crippen LogP contribution in [0.15, 0.2) is 60.9 Å². The monoisotopic (exact) mass is 471 g/mol. The molecule has 2 aromatic carbocycles. The fourth-order valence-corrected chi connectivity index (χ4v) is 4.03. The van der Waals surface area contributed by atoms with Crippen LogP contribution in [-0.4, -0.2) is 70.0 Å². The standard InChI is InChI=1S/C25H30FN3O5/c1-32-23-15-19(3-8-22(23)33-14-13-29-11-2-10-27-29)16-28-12-9-24(30)25(31,17-28)18-34-21-6-4-20(26)5-7-21/h2-8,10-11,15,24,30-31H,9,12-14,16-18H2,1H3/t24-,25-/m0/s1. The van der Waals surface area contributed by atoms with E-state index in [4.69, 9.17) is 14.2 Å². The van der Waals surface area contributed by atoms with Crippen LogP contribution in [0.2, 0.25) is 0 Å². The number of aliphatic hydroxyl groups excluding tert-OH is 1. The van der Waals surface area contributed by atoms with Crippen LogP contribution in [0, 0.1) is 5.82 Å². The van der Waals surface area contributed by atoms with Crippen molar-refractivity contribution in [1.82, 2.24) is 14.7 Å².